The molecule has 1 aromatic rings. The van der Waals surface area contributed by atoms with Gasteiger partial charge in [0.1, 0.15) is 11.6 Å². The van der Waals surface area contributed by atoms with Crippen molar-refractivity contribution in [1.29, 1.82) is 0 Å². The summed E-state index contributed by atoms with van der Waals surface area (Å²) in [5, 5.41) is 6.19. The zero-order valence-corrected chi connectivity index (χ0v) is 11.8. The Labute approximate surface area is 119 Å². The van der Waals surface area contributed by atoms with Crippen LogP contribution < -0.4 is 10.6 Å². The van der Waals surface area contributed by atoms with Gasteiger partial charge < -0.3 is 10.6 Å². The molecule has 5 nitrogen and oxygen atoms in total. The van der Waals surface area contributed by atoms with Crippen LogP contribution in [0, 0.1) is 0 Å². The second-order valence-corrected chi connectivity index (χ2v) is 5.83. The molecule has 2 fully saturated rings. The summed E-state index contributed by atoms with van der Waals surface area (Å²) in [6, 6.07) is 2.19. The summed E-state index contributed by atoms with van der Waals surface area (Å²) in [6.07, 6.45) is 10.1. The molecule has 5 heteroatoms. The fourth-order valence-corrected chi connectivity index (χ4v) is 2.71. The molecular formula is C15H22N4O. The minimum absolute atomic E-state index is 0.0588. The number of carbonyl (C=O) groups is 1. The second-order valence-electron chi connectivity index (χ2n) is 5.83. The summed E-state index contributed by atoms with van der Waals surface area (Å²) < 4.78 is 0. The molecule has 1 amide bonds. The number of hydrogen-bond donors (Lipinski definition) is 2. The van der Waals surface area contributed by atoms with Crippen LogP contribution in [0.2, 0.25) is 0 Å². The Hall–Kier alpha value is -1.65. The molecule has 2 N–H and O–H groups in total. The topological polar surface area (TPSA) is 66.9 Å². The zero-order valence-electron chi connectivity index (χ0n) is 11.8. The van der Waals surface area contributed by atoms with Crippen LogP contribution in [0.15, 0.2) is 12.3 Å². The fraction of sp³-hybridized carbons (Fsp3) is 0.667. The molecule has 0 saturated heterocycles. The number of carbonyl (C=O) groups excluding carboxylic acids is 1. The Kier molecular flexibility index (Phi) is 4.14. The van der Waals surface area contributed by atoms with Crippen molar-refractivity contribution in [3.63, 3.8) is 0 Å². The summed E-state index contributed by atoms with van der Waals surface area (Å²) in [4.78, 5) is 20.6. The first-order valence-electron chi connectivity index (χ1n) is 7.67. The highest BCUT2D eigenvalue weighted by atomic mass is 16.1. The minimum Gasteiger partial charge on any atom is -0.361 e. The van der Waals surface area contributed by atoms with Crippen molar-refractivity contribution < 1.29 is 4.79 Å². The Morgan fingerprint density at radius 2 is 2.00 bits per heavy atom. The lowest BCUT2D eigenvalue weighted by molar-refractivity contribution is -0.120. The van der Waals surface area contributed by atoms with Crippen LogP contribution >= 0.6 is 0 Å². The molecule has 0 atom stereocenters. The summed E-state index contributed by atoms with van der Waals surface area (Å²) in [6.45, 7) is 0.289. The molecular weight excluding hydrogens is 252 g/mol. The van der Waals surface area contributed by atoms with E-state index in [0.29, 0.717) is 12.0 Å². The van der Waals surface area contributed by atoms with Crippen LogP contribution in [-0.4, -0.2) is 28.5 Å². The zero-order chi connectivity index (χ0) is 13.8. The van der Waals surface area contributed by atoms with Gasteiger partial charge >= 0.3 is 0 Å². The normalized spacial score (nSPS) is 19.6. The van der Waals surface area contributed by atoms with Crippen molar-refractivity contribution in [1.82, 2.24) is 15.3 Å². The van der Waals surface area contributed by atoms with Gasteiger partial charge in [0.2, 0.25) is 5.91 Å². The van der Waals surface area contributed by atoms with Crippen LogP contribution in [0.3, 0.4) is 0 Å². The monoisotopic (exact) mass is 274 g/mol. The minimum atomic E-state index is 0.0588. The van der Waals surface area contributed by atoms with Crippen molar-refractivity contribution in [3.8, 4) is 0 Å². The molecule has 0 bridgehead atoms. The van der Waals surface area contributed by atoms with Gasteiger partial charge in [-0.25, -0.2) is 9.97 Å². The third-order valence-electron chi connectivity index (χ3n) is 4.02. The second kappa shape index (κ2) is 6.20. The third-order valence-corrected chi connectivity index (χ3v) is 4.02. The Morgan fingerprint density at radius 3 is 2.75 bits per heavy atom. The van der Waals surface area contributed by atoms with E-state index in [4.69, 9.17) is 0 Å². The van der Waals surface area contributed by atoms with Gasteiger partial charge in [-0.05, 0) is 31.7 Å². The lowest BCUT2D eigenvalue weighted by Crippen LogP contribution is -2.39. The average Bonchev–Trinajstić information content (AvgIpc) is 3.31. The lowest BCUT2D eigenvalue weighted by Gasteiger charge is -2.22. The maximum absolute atomic E-state index is 11.9. The molecule has 0 spiro atoms. The van der Waals surface area contributed by atoms with Crippen LogP contribution in [0.1, 0.15) is 56.7 Å². The van der Waals surface area contributed by atoms with E-state index >= 15 is 0 Å². The number of aromatic nitrogens is 2. The molecule has 108 valence electrons. The molecule has 0 unspecified atom stereocenters. The molecule has 20 heavy (non-hydrogen) atoms. The third kappa shape index (κ3) is 3.68. The van der Waals surface area contributed by atoms with Gasteiger partial charge in [-0.15, -0.1) is 0 Å². The van der Waals surface area contributed by atoms with E-state index < -0.39 is 0 Å². The van der Waals surface area contributed by atoms with Gasteiger partial charge in [0, 0.05) is 18.2 Å². The molecule has 2 saturated carbocycles. The molecule has 0 aromatic carbocycles. The maximum Gasteiger partial charge on any atom is 0.239 e. The summed E-state index contributed by atoms with van der Waals surface area (Å²) in [5.74, 6) is 2.25. The first-order chi connectivity index (χ1) is 9.81. The van der Waals surface area contributed by atoms with Gasteiger partial charge in [-0.2, -0.15) is 0 Å². The Bertz CT molecular complexity index is 467. The van der Waals surface area contributed by atoms with Crippen molar-refractivity contribution >= 4 is 11.7 Å². The van der Waals surface area contributed by atoms with E-state index in [1.165, 1.54) is 32.1 Å². The van der Waals surface area contributed by atoms with Gasteiger partial charge in [-0.1, -0.05) is 19.3 Å². The van der Waals surface area contributed by atoms with Gasteiger partial charge in [0.05, 0.1) is 6.54 Å². The van der Waals surface area contributed by atoms with Gasteiger partial charge in [0.15, 0.2) is 0 Å². The van der Waals surface area contributed by atoms with Crippen molar-refractivity contribution in [3.05, 3.63) is 18.1 Å². The Balaban J connectivity index is 1.46. The summed E-state index contributed by atoms with van der Waals surface area (Å²) >= 11 is 0. The van der Waals surface area contributed by atoms with Crippen LogP contribution in [-0.2, 0) is 4.79 Å². The molecule has 2 aliphatic carbocycles. The summed E-state index contributed by atoms with van der Waals surface area (Å²) in [7, 11) is 0. The number of nitrogens with one attached hydrogen (secondary N) is 2. The number of anilines is 1. The van der Waals surface area contributed by atoms with E-state index in [9.17, 15) is 4.79 Å². The standard InChI is InChI=1S/C15H22N4O/c20-14(18-12-4-2-1-3-5-12)10-17-13-8-9-16-15(19-13)11-6-7-11/h8-9,11-12H,1-7,10H2,(H,18,20)(H,16,17,19). The van der Waals surface area contributed by atoms with E-state index in [1.807, 2.05) is 6.07 Å². The van der Waals surface area contributed by atoms with Crippen LogP contribution in [0.25, 0.3) is 0 Å². The number of nitrogens with zero attached hydrogens (tertiary/aromatic N) is 2. The molecule has 0 radical (unpaired) electrons. The maximum atomic E-state index is 11.9. The highest BCUT2D eigenvalue weighted by Gasteiger charge is 2.26. The SMILES string of the molecule is O=C(CNc1ccnc(C2CC2)n1)NC1CCCCC1. The molecule has 2 aliphatic rings. The largest absolute Gasteiger partial charge is 0.361 e. The fourth-order valence-electron chi connectivity index (χ4n) is 2.71. The van der Waals surface area contributed by atoms with Crippen LogP contribution in [0.5, 0.6) is 0 Å². The van der Waals surface area contributed by atoms with Gasteiger partial charge in [0.25, 0.3) is 0 Å². The molecule has 3 rings (SSSR count). The highest BCUT2D eigenvalue weighted by Crippen LogP contribution is 2.37. The Morgan fingerprint density at radius 1 is 1.20 bits per heavy atom. The smallest absolute Gasteiger partial charge is 0.239 e. The molecule has 1 aromatic heterocycles. The van der Waals surface area contributed by atoms with E-state index in [0.717, 1.165) is 24.5 Å². The predicted molar refractivity (Wildman–Crippen MR) is 77.5 cm³/mol. The van der Waals surface area contributed by atoms with E-state index in [2.05, 4.69) is 20.6 Å². The van der Waals surface area contributed by atoms with E-state index in [-0.39, 0.29) is 12.5 Å². The highest BCUT2D eigenvalue weighted by molar-refractivity contribution is 5.80. The van der Waals surface area contributed by atoms with Crippen molar-refractivity contribution in [2.45, 2.75) is 56.9 Å². The molecule has 1 heterocycles. The lowest BCUT2D eigenvalue weighted by atomic mass is 9.95. The van der Waals surface area contributed by atoms with Crippen molar-refractivity contribution in [2.24, 2.45) is 0 Å². The number of hydrogen-bond acceptors (Lipinski definition) is 4. The van der Waals surface area contributed by atoms with Gasteiger partial charge in [-0.3, -0.25) is 4.79 Å². The summed E-state index contributed by atoms with van der Waals surface area (Å²) in [5.41, 5.74) is 0. The number of amides is 1. The first-order valence-corrected chi connectivity index (χ1v) is 7.67. The quantitative estimate of drug-likeness (QED) is 0.864. The average molecular weight is 274 g/mol. The first kappa shape index (κ1) is 13.3. The van der Waals surface area contributed by atoms with E-state index in [1.54, 1.807) is 6.20 Å². The van der Waals surface area contributed by atoms with Crippen LogP contribution in [0.4, 0.5) is 5.82 Å². The predicted octanol–water partition coefficient (Wildman–Crippen LogP) is 2.21. The molecule has 0 aliphatic heterocycles. The number of rotatable bonds is 5. The van der Waals surface area contributed by atoms with Crippen molar-refractivity contribution in [2.75, 3.05) is 11.9 Å².